The molecular formula is C18H19N5OS. The predicted octanol–water partition coefficient (Wildman–Crippen LogP) is 3.48. The third-order valence-electron chi connectivity index (χ3n) is 3.54. The zero-order valence-electron chi connectivity index (χ0n) is 14.0. The highest BCUT2D eigenvalue weighted by Gasteiger charge is 2.24. The fourth-order valence-corrected chi connectivity index (χ4v) is 3.49. The molecule has 1 atom stereocenters. The summed E-state index contributed by atoms with van der Waals surface area (Å²) in [5.41, 5.74) is 9.43. The van der Waals surface area contributed by atoms with Crippen molar-refractivity contribution in [1.82, 2.24) is 15.2 Å². The summed E-state index contributed by atoms with van der Waals surface area (Å²) < 4.78 is 0. The highest BCUT2D eigenvalue weighted by atomic mass is 32.2. The summed E-state index contributed by atoms with van der Waals surface area (Å²) in [6.45, 7) is 4.00. The van der Waals surface area contributed by atoms with Crippen LogP contribution < -0.4 is 11.1 Å². The van der Waals surface area contributed by atoms with E-state index in [1.165, 1.54) is 11.8 Å². The summed E-state index contributed by atoms with van der Waals surface area (Å²) in [7, 11) is 0. The number of carbonyl (C=O) groups excluding carboxylic acids is 1. The van der Waals surface area contributed by atoms with Crippen LogP contribution in [0.4, 0.5) is 11.6 Å². The number of nitrogens with two attached hydrogens (primary N) is 1. The molecule has 0 unspecified atom stereocenters. The normalized spacial score (nSPS) is 11.9. The molecule has 1 heterocycles. The molecule has 4 N–H and O–H groups in total. The van der Waals surface area contributed by atoms with Crippen LogP contribution in [-0.2, 0) is 4.79 Å². The molecule has 0 fully saturated rings. The standard InChI is InChI=1S/C18H19N5OS/c1-11-8-12(2)10-14(9-11)20-16(24)15(13-6-4-3-5-7-13)25-18-21-17(19)22-23-18/h3-10,15H,1-2H3,(H,20,24)(H3,19,21,22,23)/t15-/m1/s1. The van der Waals surface area contributed by atoms with Crippen molar-refractivity contribution >= 4 is 29.3 Å². The fraction of sp³-hybridized carbons (Fsp3) is 0.167. The van der Waals surface area contributed by atoms with Crippen molar-refractivity contribution in [1.29, 1.82) is 0 Å². The number of nitrogen functional groups attached to an aromatic ring is 1. The molecule has 0 bridgehead atoms. The number of thioether (sulfide) groups is 1. The van der Waals surface area contributed by atoms with Gasteiger partial charge in [0.15, 0.2) is 0 Å². The quantitative estimate of drug-likeness (QED) is 0.610. The summed E-state index contributed by atoms with van der Waals surface area (Å²) in [5, 5.41) is 9.55. The molecule has 0 spiro atoms. The van der Waals surface area contributed by atoms with Crippen molar-refractivity contribution in [3.63, 3.8) is 0 Å². The van der Waals surface area contributed by atoms with Gasteiger partial charge in [-0.1, -0.05) is 48.2 Å². The number of aromatic nitrogens is 3. The number of aryl methyl sites for hydroxylation is 2. The van der Waals surface area contributed by atoms with Gasteiger partial charge in [-0.25, -0.2) is 5.10 Å². The van der Waals surface area contributed by atoms with Crippen molar-refractivity contribution in [2.45, 2.75) is 24.3 Å². The van der Waals surface area contributed by atoms with Crippen LogP contribution in [0.1, 0.15) is 21.9 Å². The maximum atomic E-state index is 12.9. The number of amides is 1. The molecule has 0 aliphatic heterocycles. The Balaban J connectivity index is 1.86. The lowest BCUT2D eigenvalue weighted by Gasteiger charge is -2.16. The van der Waals surface area contributed by atoms with Crippen molar-refractivity contribution < 1.29 is 4.79 Å². The van der Waals surface area contributed by atoms with Crippen molar-refractivity contribution in [3.8, 4) is 0 Å². The Kier molecular flexibility index (Phi) is 5.04. The van der Waals surface area contributed by atoms with Gasteiger partial charge in [-0.3, -0.25) is 4.79 Å². The van der Waals surface area contributed by atoms with E-state index in [4.69, 9.17) is 5.73 Å². The minimum atomic E-state index is -0.489. The van der Waals surface area contributed by atoms with Gasteiger partial charge < -0.3 is 11.1 Å². The van der Waals surface area contributed by atoms with Crippen LogP contribution in [-0.4, -0.2) is 21.1 Å². The van der Waals surface area contributed by atoms with Crippen molar-refractivity contribution in [2.24, 2.45) is 0 Å². The molecule has 0 aliphatic carbocycles. The molecule has 3 aromatic rings. The van der Waals surface area contributed by atoms with E-state index in [-0.39, 0.29) is 11.9 Å². The van der Waals surface area contributed by atoms with Gasteiger partial charge in [-0.05, 0) is 42.7 Å². The van der Waals surface area contributed by atoms with E-state index in [9.17, 15) is 4.79 Å². The second kappa shape index (κ2) is 7.40. The summed E-state index contributed by atoms with van der Waals surface area (Å²) in [4.78, 5) is 17.0. The molecule has 0 aliphatic rings. The molecule has 0 saturated heterocycles. The molecule has 1 amide bonds. The van der Waals surface area contributed by atoms with Crippen LogP contribution in [0.25, 0.3) is 0 Å². The molecule has 0 radical (unpaired) electrons. The molecule has 7 heteroatoms. The van der Waals surface area contributed by atoms with Crippen molar-refractivity contribution in [3.05, 3.63) is 65.2 Å². The monoisotopic (exact) mass is 353 g/mol. The second-order valence-electron chi connectivity index (χ2n) is 5.78. The van der Waals surface area contributed by atoms with E-state index < -0.39 is 5.25 Å². The largest absolute Gasteiger partial charge is 0.368 e. The van der Waals surface area contributed by atoms with E-state index in [0.29, 0.717) is 5.16 Å². The molecule has 0 saturated carbocycles. The van der Waals surface area contributed by atoms with E-state index >= 15 is 0 Å². The van der Waals surface area contributed by atoms with Crippen LogP contribution in [0.15, 0.2) is 53.7 Å². The van der Waals surface area contributed by atoms with Crippen LogP contribution in [0.2, 0.25) is 0 Å². The minimum Gasteiger partial charge on any atom is -0.368 e. The third-order valence-corrected chi connectivity index (χ3v) is 4.65. The van der Waals surface area contributed by atoms with Gasteiger partial charge >= 0.3 is 0 Å². The van der Waals surface area contributed by atoms with E-state index in [1.807, 2.05) is 56.3 Å². The summed E-state index contributed by atoms with van der Waals surface area (Å²) >= 11 is 1.25. The number of nitrogens with one attached hydrogen (secondary N) is 2. The molecule has 3 rings (SSSR count). The predicted molar refractivity (Wildman–Crippen MR) is 100 cm³/mol. The van der Waals surface area contributed by atoms with E-state index in [1.54, 1.807) is 0 Å². The first kappa shape index (κ1) is 17.0. The van der Waals surface area contributed by atoms with Gasteiger partial charge in [-0.15, -0.1) is 5.10 Å². The number of anilines is 2. The maximum Gasteiger partial charge on any atom is 0.242 e. The first-order valence-corrected chi connectivity index (χ1v) is 8.68. The number of hydrogen-bond acceptors (Lipinski definition) is 5. The number of hydrogen-bond donors (Lipinski definition) is 3. The Bertz CT molecular complexity index is 858. The van der Waals surface area contributed by atoms with E-state index in [2.05, 4.69) is 26.6 Å². The Morgan fingerprint density at radius 3 is 2.44 bits per heavy atom. The SMILES string of the molecule is Cc1cc(C)cc(NC(=O)[C@H](Sc2n[nH]c(N)n2)c2ccccc2)c1. The lowest BCUT2D eigenvalue weighted by molar-refractivity contribution is -0.115. The Morgan fingerprint density at radius 1 is 1.16 bits per heavy atom. The first-order chi connectivity index (χ1) is 12.0. The smallest absolute Gasteiger partial charge is 0.242 e. The molecule has 6 nitrogen and oxygen atoms in total. The number of carbonyl (C=O) groups is 1. The number of nitrogens with zero attached hydrogens (tertiary/aromatic N) is 2. The Morgan fingerprint density at radius 2 is 1.84 bits per heavy atom. The summed E-state index contributed by atoms with van der Waals surface area (Å²) in [5.74, 6) is 0.0913. The lowest BCUT2D eigenvalue weighted by Crippen LogP contribution is -2.19. The molecule has 2 aromatic carbocycles. The van der Waals surface area contributed by atoms with Crippen LogP contribution in [0, 0.1) is 13.8 Å². The van der Waals surface area contributed by atoms with Gasteiger partial charge in [0.2, 0.25) is 17.0 Å². The van der Waals surface area contributed by atoms with Gasteiger partial charge in [0, 0.05) is 5.69 Å². The minimum absolute atomic E-state index is 0.135. The summed E-state index contributed by atoms with van der Waals surface area (Å²) in [6.07, 6.45) is 0. The lowest BCUT2D eigenvalue weighted by atomic mass is 10.1. The third kappa shape index (κ3) is 4.39. The topological polar surface area (TPSA) is 96.7 Å². The second-order valence-corrected chi connectivity index (χ2v) is 6.85. The van der Waals surface area contributed by atoms with Crippen LogP contribution in [0.3, 0.4) is 0 Å². The number of H-pyrrole nitrogens is 1. The summed E-state index contributed by atoms with van der Waals surface area (Å²) in [6, 6.07) is 15.5. The molecule has 1 aromatic heterocycles. The molecular weight excluding hydrogens is 334 g/mol. The first-order valence-electron chi connectivity index (χ1n) is 7.80. The van der Waals surface area contributed by atoms with Gasteiger partial charge in [0.05, 0.1) is 0 Å². The molecule has 128 valence electrons. The molecule has 25 heavy (non-hydrogen) atoms. The zero-order valence-corrected chi connectivity index (χ0v) is 14.8. The highest BCUT2D eigenvalue weighted by Crippen LogP contribution is 2.34. The van der Waals surface area contributed by atoms with Gasteiger partial charge in [0.25, 0.3) is 0 Å². The van der Waals surface area contributed by atoms with Crippen LogP contribution in [0.5, 0.6) is 0 Å². The zero-order chi connectivity index (χ0) is 17.8. The number of benzene rings is 2. The Hall–Kier alpha value is -2.80. The fourth-order valence-electron chi connectivity index (χ4n) is 2.57. The number of aromatic amines is 1. The highest BCUT2D eigenvalue weighted by molar-refractivity contribution is 8.00. The number of rotatable bonds is 5. The van der Waals surface area contributed by atoms with Gasteiger partial charge in [-0.2, -0.15) is 4.98 Å². The van der Waals surface area contributed by atoms with Crippen molar-refractivity contribution in [2.75, 3.05) is 11.1 Å². The van der Waals surface area contributed by atoms with Crippen LogP contribution >= 0.6 is 11.8 Å². The van der Waals surface area contributed by atoms with Gasteiger partial charge in [0.1, 0.15) is 5.25 Å². The maximum absolute atomic E-state index is 12.9. The average Bonchev–Trinajstić information content (AvgIpc) is 2.97. The average molecular weight is 353 g/mol. The van der Waals surface area contributed by atoms with E-state index in [0.717, 1.165) is 22.4 Å². The Labute approximate surface area is 150 Å².